The van der Waals surface area contributed by atoms with Crippen molar-refractivity contribution in [2.45, 2.75) is 64.6 Å². The Morgan fingerprint density at radius 3 is 2.69 bits per heavy atom. The molecule has 2 nitrogen and oxygen atoms in total. The first-order chi connectivity index (χ1) is 6.27. The van der Waals surface area contributed by atoms with E-state index < -0.39 is 0 Å². The fourth-order valence-corrected chi connectivity index (χ4v) is 2.01. The lowest BCUT2D eigenvalue weighted by Gasteiger charge is -2.23. The van der Waals surface area contributed by atoms with Gasteiger partial charge in [0.05, 0.1) is 6.10 Å². The average molecular weight is 185 g/mol. The molecule has 2 heteroatoms. The fourth-order valence-electron chi connectivity index (χ4n) is 2.01. The minimum atomic E-state index is 0.408. The molecule has 13 heavy (non-hydrogen) atoms. The van der Waals surface area contributed by atoms with Crippen LogP contribution in [0.3, 0.4) is 0 Å². The summed E-state index contributed by atoms with van der Waals surface area (Å²) in [7, 11) is 0. The van der Waals surface area contributed by atoms with Crippen molar-refractivity contribution in [3.05, 3.63) is 0 Å². The summed E-state index contributed by atoms with van der Waals surface area (Å²) in [5.74, 6) is 0. The predicted molar refractivity (Wildman–Crippen MR) is 55.9 cm³/mol. The Balaban J connectivity index is 2.27. The molecule has 1 N–H and O–H groups in total. The van der Waals surface area contributed by atoms with Crippen LogP contribution >= 0.6 is 0 Å². The summed E-state index contributed by atoms with van der Waals surface area (Å²) >= 11 is 0. The van der Waals surface area contributed by atoms with Crippen molar-refractivity contribution in [1.29, 1.82) is 0 Å². The zero-order valence-electron chi connectivity index (χ0n) is 9.18. The molecule has 1 heterocycles. The third-order valence-corrected chi connectivity index (χ3v) is 2.96. The van der Waals surface area contributed by atoms with E-state index in [1.807, 2.05) is 0 Å². The van der Waals surface area contributed by atoms with Crippen LogP contribution in [0.1, 0.15) is 46.5 Å². The molecule has 0 spiro atoms. The van der Waals surface area contributed by atoms with Crippen molar-refractivity contribution in [1.82, 2.24) is 5.32 Å². The Morgan fingerprint density at radius 1 is 1.46 bits per heavy atom. The number of ether oxygens (including phenoxy) is 1. The van der Waals surface area contributed by atoms with Crippen LogP contribution in [0.5, 0.6) is 0 Å². The second-order valence-corrected chi connectivity index (χ2v) is 4.03. The summed E-state index contributed by atoms with van der Waals surface area (Å²) in [6.45, 7) is 7.61. The van der Waals surface area contributed by atoms with Gasteiger partial charge in [-0.1, -0.05) is 20.3 Å². The van der Waals surface area contributed by atoms with Crippen molar-refractivity contribution in [3.8, 4) is 0 Å². The summed E-state index contributed by atoms with van der Waals surface area (Å²) < 4.78 is 5.53. The van der Waals surface area contributed by atoms with Crippen LogP contribution < -0.4 is 5.32 Å². The first-order valence-electron chi connectivity index (χ1n) is 5.65. The van der Waals surface area contributed by atoms with E-state index in [0.29, 0.717) is 18.2 Å². The highest BCUT2D eigenvalue weighted by molar-refractivity contribution is 4.82. The van der Waals surface area contributed by atoms with Crippen LogP contribution in [0.2, 0.25) is 0 Å². The second kappa shape index (κ2) is 5.61. The Morgan fingerprint density at radius 2 is 2.23 bits per heavy atom. The fraction of sp³-hybridized carbons (Fsp3) is 1.00. The molecule has 3 unspecified atom stereocenters. The van der Waals surface area contributed by atoms with E-state index in [4.69, 9.17) is 4.74 Å². The molecular formula is C11H23NO. The Bertz CT molecular complexity index is 138. The maximum atomic E-state index is 5.53. The zero-order valence-corrected chi connectivity index (χ0v) is 9.18. The zero-order chi connectivity index (χ0) is 9.68. The minimum Gasteiger partial charge on any atom is -0.377 e. The molecule has 0 aromatic heterocycles. The molecule has 0 bridgehead atoms. The first-order valence-corrected chi connectivity index (χ1v) is 5.65. The quantitative estimate of drug-likeness (QED) is 0.710. The SMILES string of the molecule is CCCC(CC)NC1CCOC1C. The lowest BCUT2D eigenvalue weighted by atomic mass is 10.1. The van der Waals surface area contributed by atoms with Crippen LogP contribution in [-0.2, 0) is 4.74 Å². The molecule has 0 saturated carbocycles. The molecule has 1 aliphatic rings. The highest BCUT2D eigenvalue weighted by Gasteiger charge is 2.25. The summed E-state index contributed by atoms with van der Waals surface area (Å²) in [6.07, 6.45) is 5.39. The van der Waals surface area contributed by atoms with Gasteiger partial charge in [0, 0.05) is 18.7 Å². The van der Waals surface area contributed by atoms with Gasteiger partial charge in [-0.15, -0.1) is 0 Å². The van der Waals surface area contributed by atoms with Gasteiger partial charge in [-0.3, -0.25) is 0 Å². The van der Waals surface area contributed by atoms with Crippen LogP contribution in [0.15, 0.2) is 0 Å². The van der Waals surface area contributed by atoms with Gasteiger partial charge in [-0.05, 0) is 26.2 Å². The van der Waals surface area contributed by atoms with Crippen LogP contribution in [0.4, 0.5) is 0 Å². The number of hydrogen-bond donors (Lipinski definition) is 1. The molecule has 1 aliphatic heterocycles. The highest BCUT2D eigenvalue weighted by atomic mass is 16.5. The van der Waals surface area contributed by atoms with Gasteiger partial charge in [0.15, 0.2) is 0 Å². The van der Waals surface area contributed by atoms with E-state index in [-0.39, 0.29) is 0 Å². The Labute approximate surface area is 82.0 Å². The average Bonchev–Trinajstić information content (AvgIpc) is 2.51. The predicted octanol–water partition coefficient (Wildman–Crippen LogP) is 2.33. The standard InChI is InChI=1S/C11H23NO/c1-4-6-10(5-2)12-11-7-8-13-9(11)3/h9-12H,4-8H2,1-3H3. The minimum absolute atomic E-state index is 0.408. The van der Waals surface area contributed by atoms with Gasteiger partial charge in [0.1, 0.15) is 0 Å². The molecule has 78 valence electrons. The lowest BCUT2D eigenvalue weighted by molar-refractivity contribution is 0.110. The molecule has 0 aromatic rings. The van der Waals surface area contributed by atoms with Crippen molar-refractivity contribution in [2.24, 2.45) is 0 Å². The molecule has 1 fully saturated rings. The van der Waals surface area contributed by atoms with E-state index in [9.17, 15) is 0 Å². The normalized spacial score (nSPS) is 30.7. The third-order valence-electron chi connectivity index (χ3n) is 2.96. The van der Waals surface area contributed by atoms with E-state index in [1.165, 1.54) is 25.7 Å². The third kappa shape index (κ3) is 3.28. The molecule has 1 saturated heterocycles. The van der Waals surface area contributed by atoms with Gasteiger partial charge in [-0.25, -0.2) is 0 Å². The van der Waals surface area contributed by atoms with Gasteiger partial charge in [-0.2, -0.15) is 0 Å². The molecule has 0 aromatic carbocycles. The topological polar surface area (TPSA) is 21.3 Å². The highest BCUT2D eigenvalue weighted by Crippen LogP contribution is 2.15. The number of rotatable bonds is 5. The molecule has 0 amide bonds. The summed E-state index contributed by atoms with van der Waals surface area (Å²) in [5, 5.41) is 3.69. The summed E-state index contributed by atoms with van der Waals surface area (Å²) in [4.78, 5) is 0. The largest absolute Gasteiger partial charge is 0.377 e. The maximum Gasteiger partial charge on any atom is 0.0700 e. The molecule has 0 radical (unpaired) electrons. The Kier molecular flexibility index (Phi) is 4.74. The lowest BCUT2D eigenvalue weighted by Crippen LogP contribution is -2.41. The monoisotopic (exact) mass is 185 g/mol. The molecular weight excluding hydrogens is 162 g/mol. The summed E-state index contributed by atoms with van der Waals surface area (Å²) in [6, 6.07) is 1.29. The maximum absolute atomic E-state index is 5.53. The van der Waals surface area contributed by atoms with E-state index in [2.05, 4.69) is 26.1 Å². The first kappa shape index (κ1) is 11.0. The van der Waals surface area contributed by atoms with Gasteiger partial charge < -0.3 is 10.1 Å². The van der Waals surface area contributed by atoms with E-state index in [1.54, 1.807) is 0 Å². The van der Waals surface area contributed by atoms with Crippen LogP contribution in [-0.4, -0.2) is 24.8 Å². The van der Waals surface area contributed by atoms with Crippen LogP contribution in [0.25, 0.3) is 0 Å². The van der Waals surface area contributed by atoms with Crippen molar-refractivity contribution in [3.63, 3.8) is 0 Å². The second-order valence-electron chi connectivity index (χ2n) is 4.03. The summed E-state index contributed by atoms with van der Waals surface area (Å²) in [5.41, 5.74) is 0. The van der Waals surface area contributed by atoms with Gasteiger partial charge in [0.2, 0.25) is 0 Å². The Hall–Kier alpha value is -0.0800. The van der Waals surface area contributed by atoms with Gasteiger partial charge in [0.25, 0.3) is 0 Å². The van der Waals surface area contributed by atoms with Gasteiger partial charge >= 0.3 is 0 Å². The molecule has 1 rings (SSSR count). The molecule has 3 atom stereocenters. The molecule has 0 aliphatic carbocycles. The number of hydrogen-bond acceptors (Lipinski definition) is 2. The van der Waals surface area contributed by atoms with E-state index >= 15 is 0 Å². The van der Waals surface area contributed by atoms with Crippen molar-refractivity contribution in [2.75, 3.05) is 6.61 Å². The van der Waals surface area contributed by atoms with Crippen molar-refractivity contribution >= 4 is 0 Å². The van der Waals surface area contributed by atoms with E-state index in [0.717, 1.165) is 6.61 Å². The van der Waals surface area contributed by atoms with Crippen LogP contribution in [0, 0.1) is 0 Å². The smallest absolute Gasteiger partial charge is 0.0700 e. The number of nitrogens with one attached hydrogen (secondary N) is 1. The van der Waals surface area contributed by atoms with Crippen molar-refractivity contribution < 1.29 is 4.74 Å².